The van der Waals surface area contributed by atoms with Crippen LogP contribution in [0.5, 0.6) is 0 Å². The molecule has 4 aromatic rings. The number of benzene rings is 3. The van der Waals surface area contributed by atoms with Crippen LogP contribution in [-0.4, -0.2) is 47.3 Å². The summed E-state index contributed by atoms with van der Waals surface area (Å²) in [5.41, 5.74) is 5.53. The highest BCUT2D eigenvalue weighted by atomic mass is 16.5. The molecule has 5 heteroatoms. The number of aromatic nitrogens is 1. The number of H-pyrrole nitrogens is 1. The summed E-state index contributed by atoms with van der Waals surface area (Å²) in [5.74, 6) is 5.50. The number of hydrogen-bond acceptors (Lipinski definition) is 3. The van der Waals surface area contributed by atoms with E-state index in [1.165, 1.54) is 5.56 Å². The lowest BCUT2D eigenvalue weighted by Gasteiger charge is -2.31. The highest BCUT2D eigenvalue weighted by Crippen LogP contribution is 2.30. The Bertz CT molecular complexity index is 1400. The highest BCUT2D eigenvalue weighted by molar-refractivity contribution is 5.99. The number of nitrogens with zero attached hydrogens (tertiary/aromatic N) is 1. The number of carbonyl (C=O) groups is 1. The Balaban J connectivity index is 1.39. The molecule has 0 saturated carbocycles. The number of carboxylic acid groups (broad SMARTS) is 1. The number of ether oxygens (including phenoxy) is 1. The van der Waals surface area contributed by atoms with Crippen LogP contribution in [0.2, 0.25) is 0 Å². The van der Waals surface area contributed by atoms with E-state index in [0.717, 1.165) is 54.5 Å². The van der Waals surface area contributed by atoms with Gasteiger partial charge in [-0.15, -0.1) is 0 Å². The standard InChI is InChI=1S/C30H28N2O3/c1-35-26-14-17-32(18-15-26)20-22-7-5-21(6-8-22)9-10-24-3-2-4-27(30(33)34)29(24)25-12-11-23-13-16-31-28(23)19-25/h2-8,11-13,16,19,26,31H,14-15,17-18,20H2,1H3,(H,33,34). The molecule has 1 aliphatic heterocycles. The molecule has 1 saturated heterocycles. The SMILES string of the molecule is COC1CCN(Cc2ccc(C#Cc3cccc(C(=O)O)c3-c3ccc4cc[nH]c4c3)cc2)CC1. The number of piperidine rings is 1. The number of nitrogens with one attached hydrogen (secondary N) is 1. The number of aromatic carboxylic acids is 1. The Morgan fingerprint density at radius 1 is 1.06 bits per heavy atom. The molecule has 1 aromatic heterocycles. The number of hydrogen-bond donors (Lipinski definition) is 2. The van der Waals surface area contributed by atoms with Crippen LogP contribution in [0.1, 0.15) is 39.9 Å². The van der Waals surface area contributed by atoms with Gasteiger partial charge in [-0.25, -0.2) is 4.79 Å². The molecule has 2 heterocycles. The molecule has 0 atom stereocenters. The van der Waals surface area contributed by atoms with Gasteiger partial charge in [0, 0.05) is 55.1 Å². The van der Waals surface area contributed by atoms with Gasteiger partial charge in [-0.3, -0.25) is 4.90 Å². The highest BCUT2D eigenvalue weighted by Gasteiger charge is 2.18. The maximum atomic E-state index is 12.0. The second kappa shape index (κ2) is 10.2. The quantitative estimate of drug-likeness (QED) is 0.381. The molecule has 0 aliphatic carbocycles. The van der Waals surface area contributed by atoms with Gasteiger partial charge in [0.2, 0.25) is 0 Å². The Labute approximate surface area is 205 Å². The largest absolute Gasteiger partial charge is 0.478 e. The zero-order chi connectivity index (χ0) is 24.2. The minimum absolute atomic E-state index is 0.246. The van der Waals surface area contributed by atoms with Gasteiger partial charge in [0.15, 0.2) is 0 Å². The van der Waals surface area contributed by atoms with Crippen LogP contribution < -0.4 is 0 Å². The van der Waals surface area contributed by atoms with Crippen LogP contribution in [0.15, 0.2) is 72.9 Å². The first kappa shape index (κ1) is 22.9. The molecule has 3 aromatic carbocycles. The topological polar surface area (TPSA) is 65.6 Å². The third-order valence-electron chi connectivity index (χ3n) is 6.71. The van der Waals surface area contributed by atoms with Crippen molar-refractivity contribution in [1.29, 1.82) is 0 Å². The van der Waals surface area contributed by atoms with Crippen LogP contribution >= 0.6 is 0 Å². The fraction of sp³-hybridized carbons (Fsp3) is 0.233. The van der Waals surface area contributed by atoms with Gasteiger partial charge in [-0.1, -0.05) is 42.2 Å². The van der Waals surface area contributed by atoms with Gasteiger partial charge in [-0.05, 0) is 65.8 Å². The molecule has 0 unspecified atom stereocenters. The molecule has 0 radical (unpaired) electrons. The smallest absolute Gasteiger partial charge is 0.336 e. The predicted molar refractivity (Wildman–Crippen MR) is 138 cm³/mol. The van der Waals surface area contributed by atoms with Gasteiger partial charge in [0.1, 0.15) is 0 Å². The molecule has 176 valence electrons. The number of likely N-dealkylation sites (tertiary alicyclic amines) is 1. The van der Waals surface area contributed by atoms with Crippen LogP contribution in [-0.2, 0) is 11.3 Å². The number of carboxylic acids is 1. The van der Waals surface area contributed by atoms with E-state index in [1.807, 2.05) is 48.7 Å². The molecule has 35 heavy (non-hydrogen) atoms. The van der Waals surface area contributed by atoms with E-state index < -0.39 is 5.97 Å². The van der Waals surface area contributed by atoms with E-state index in [2.05, 4.69) is 33.9 Å². The van der Waals surface area contributed by atoms with E-state index in [1.54, 1.807) is 19.2 Å². The third-order valence-corrected chi connectivity index (χ3v) is 6.71. The first-order valence-electron chi connectivity index (χ1n) is 11.9. The van der Waals surface area contributed by atoms with Gasteiger partial charge in [0.05, 0.1) is 11.7 Å². The van der Waals surface area contributed by atoms with Gasteiger partial charge < -0.3 is 14.8 Å². The van der Waals surface area contributed by atoms with Gasteiger partial charge in [0.25, 0.3) is 0 Å². The van der Waals surface area contributed by atoms with Crippen LogP contribution in [0.3, 0.4) is 0 Å². The average molecular weight is 465 g/mol. The molecule has 0 spiro atoms. The van der Waals surface area contributed by atoms with Crippen molar-refractivity contribution in [1.82, 2.24) is 9.88 Å². The van der Waals surface area contributed by atoms with Crippen molar-refractivity contribution in [2.45, 2.75) is 25.5 Å². The van der Waals surface area contributed by atoms with Crippen molar-refractivity contribution < 1.29 is 14.6 Å². The summed E-state index contributed by atoms with van der Waals surface area (Å²) in [6.07, 6.45) is 4.42. The summed E-state index contributed by atoms with van der Waals surface area (Å²) >= 11 is 0. The summed E-state index contributed by atoms with van der Waals surface area (Å²) in [4.78, 5) is 17.7. The zero-order valence-corrected chi connectivity index (χ0v) is 19.8. The molecular weight excluding hydrogens is 436 g/mol. The molecule has 0 amide bonds. The average Bonchev–Trinajstić information content (AvgIpc) is 3.36. The number of rotatable bonds is 5. The van der Waals surface area contributed by atoms with E-state index in [4.69, 9.17) is 4.74 Å². The minimum atomic E-state index is -0.964. The van der Waals surface area contributed by atoms with Crippen molar-refractivity contribution in [2.24, 2.45) is 0 Å². The Morgan fingerprint density at radius 3 is 2.60 bits per heavy atom. The van der Waals surface area contributed by atoms with Crippen molar-refractivity contribution >= 4 is 16.9 Å². The summed E-state index contributed by atoms with van der Waals surface area (Å²) in [6.45, 7) is 3.03. The van der Waals surface area contributed by atoms with Crippen molar-refractivity contribution in [3.63, 3.8) is 0 Å². The molecule has 0 bridgehead atoms. The van der Waals surface area contributed by atoms with Gasteiger partial charge in [-0.2, -0.15) is 0 Å². The molecule has 2 N–H and O–H groups in total. The third kappa shape index (κ3) is 5.14. The normalized spacial score (nSPS) is 14.5. The fourth-order valence-electron chi connectivity index (χ4n) is 4.74. The molecule has 5 nitrogen and oxygen atoms in total. The van der Waals surface area contributed by atoms with Crippen LogP contribution in [0.25, 0.3) is 22.0 Å². The Morgan fingerprint density at radius 2 is 1.86 bits per heavy atom. The Hall–Kier alpha value is -3.85. The van der Waals surface area contributed by atoms with E-state index in [-0.39, 0.29) is 5.56 Å². The van der Waals surface area contributed by atoms with Crippen molar-refractivity contribution in [2.75, 3.05) is 20.2 Å². The summed E-state index contributed by atoms with van der Waals surface area (Å²) < 4.78 is 5.46. The number of methoxy groups -OCH3 is 1. The maximum Gasteiger partial charge on any atom is 0.336 e. The lowest BCUT2D eigenvalue weighted by atomic mass is 9.93. The van der Waals surface area contributed by atoms with Crippen LogP contribution in [0, 0.1) is 11.8 Å². The molecular formula is C30H28N2O3. The Kier molecular flexibility index (Phi) is 6.67. The number of aromatic amines is 1. The second-order valence-corrected chi connectivity index (χ2v) is 8.97. The predicted octanol–water partition coefficient (Wildman–Crippen LogP) is 5.54. The zero-order valence-electron chi connectivity index (χ0n) is 19.8. The van der Waals surface area contributed by atoms with Crippen molar-refractivity contribution in [3.8, 4) is 23.0 Å². The van der Waals surface area contributed by atoms with E-state index >= 15 is 0 Å². The van der Waals surface area contributed by atoms with Crippen molar-refractivity contribution in [3.05, 3.63) is 95.2 Å². The minimum Gasteiger partial charge on any atom is -0.478 e. The summed E-state index contributed by atoms with van der Waals surface area (Å²) in [7, 11) is 1.79. The first-order chi connectivity index (χ1) is 17.1. The van der Waals surface area contributed by atoms with E-state index in [9.17, 15) is 9.90 Å². The van der Waals surface area contributed by atoms with Crippen LogP contribution in [0.4, 0.5) is 0 Å². The summed E-state index contributed by atoms with van der Waals surface area (Å²) in [6, 6.07) is 21.5. The van der Waals surface area contributed by atoms with E-state index in [0.29, 0.717) is 17.2 Å². The molecule has 5 rings (SSSR count). The lowest BCUT2D eigenvalue weighted by Crippen LogP contribution is -2.36. The maximum absolute atomic E-state index is 12.0. The fourth-order valence-corrected chi connectivity index (χ4v) is 4.74. The number of fused-ring (bicyclic) bond motifs is 1. The molecule has 1 fully saturated rings. The molecule has 1 aliphatic rings. The second-order valence-electron chi connectivity index (χ2n) is 8.97. The van der Waals surface area contributed by atoms with Gasteiger partial charge >= 0.3 is 5.97 Å². The lowest BCUT2D eigenvalue weighted by molar-refractivity contribution is 0.0388. The first-order valence-corrected chi connectivity index (χ1v) is 11.9. The summed E-state index contributed by atoms with van der Waals surface area (Å²) in [5, 5.41) is 10.9. The monoisotopic (exact) mass is 464 g/mol.